The van der Waals surface area contributed by atoms with Crippen LogP contribution < -0.4 is 10.6 Å². The van der Waals surface area contributed by atoms with E-state index in [1.165, 1.54) is 22.5 Å². The summed E-state index contributed by atoms with van der Waals surface area (Å²) in [5, 5.41) is 7.04. The van der Waals surface area contributed by atoms with Gasteiger partial charge < -0.3 is 15.4 Å². The van der Waals surface area contributed by atoms with Gasteiger partial charge in [0.15, 0.2) is 0 Å². The number of ether oxygens (including phenoxy) is 1. The molecule has 0 unspecified atom stereocenters. The minimum absolute atomic E-state index is 0.125. The van der Waals surface area contributed by atoms with Gasteiger partial charge in [-0.15, -0.1) is 11.3 Å². The monoisotopic (exact) mass is 441 g/mol. The van der Waals surface area contributed by atoms with Crippen LogP contribution in [0.25, 0.3) is 0 Å². The molecule has 2 aliphatic rings. The van der Waals surface area contributed by atoms with Crippen LogP contribution in [0.1, 0.15) is 64.7 Å². The number of amides is 1. The SMILES string of the molecule is CCOC(=O)c1c(NC(=O)CN[C@@H]2CCCc3ccccc32)sc2c1CCN(CC)C2. The predicted octanol–water partition coefficient (Wildman–Crippen LogP) is 3.91. The molecule has 6 nitrogen and oxygen atoms in total. The lowest BCUT2D eigenvalue weighted by Gasteiger charge is -2.26. The summed E-state index contributed by atoms with van der Waals surface area (Å²) in [6.07, 6.45) is 4.05. The van der Waals surface area contributed by atoms with Crippen molar-refractivity contribution in [3.05, 3.63) is 51.4 Å². The second-order valence-electron chi connectivity index (χ2n) is 8.12. The minimum atomic E-state index is -0.339. The van der Waals surface area contributed by atoms with Gasteiger partial charge in [0.1, 0.15) is 5.00 Å². The van der Waals surface area contributed by atoms with Gasteiger partial charge in [0.2, 0.25) is 5.91 Å². The Balaban J connectivity index is 1.47. The van der Waals surface area contributed by atoms with Crippen LogP contribution in [-0.4, -0.2) is 43.0 Å². The number of nitrogens with zero attached hydrogens (tertiary/aromatic N) is 1. The van der Waals surface area contributed by atoms with Crippen LogP contribution >= 0.6 is 11.3 Å². The molecular weight excluding hydrogens is 410 g/mol. The number of hydrogen-bond acceptors (Lipinski definition) is 6. The number of aryl methyl sites for hydroxylation is 1. The summed E-state index contributed by atoms with van der Waals surface area (Å²) in [6.45, 7) is 7.19. The van der Waals surface area contributed by atoms with Crippen LogP contribution in [0.4, 0.5) is 5.00 Å². The number of carbonyl (C=O) groups is 2. The van der Waals surface area contributed by atoms with Gasteiger partial charge in [-0.3, -0.25) is 9.69 Å². The third kappa shape index (κ3) is 4.84. The molecule has 0 radical (unpaired) electrons. The summed E-state index contributed by atoms with van der Waals surface area (Å²) in [4.78, 5) is 29.0. The number of esters is 1. The van der Waals surface area contributed by atoms with Gasteiger partial charge in [0.05, 0.1) is 18.7 Å². The first-order valence-electron chi connectivity index (χ1n) is 11.3. The quantitative estimate of drug-likeness (QED) is 0.638. The van der Waals surface area contributed by atoms with E-state index in [9.17, 15) is 9.59 Å². The molecule has 2 heterocycles. The Hall–Kier alpha value is -2.22. The Labute approximate surface area is 188 Å². The molecule has 2 N–H and O–H groups in total. The molecule has 1 atom stereocenters. The van der Waals surface area contributed by atoms with E-state index in [2.05, 4.69) is 46.7 Å². The van der Waals surface area contributed by atoms with Crippen LogP contribution in [0.5, 0.6) is 0 Å². The number of hydrogen-bond donors (Lipinski definition) is 2. The normalized spacial score (nSPS) is 18.2. The minimum Gasteiger partial charge on any atom is -0.462 e. The molecule has 0 saturated heterocycles. The molecule has 0 spiro atoms. The summed E-state index contributed by atoms with van der Waals surface area (Å²) in [5.74, 6) is -0.464. The maximum atomic E-state index is 12.8. The van der Waals surface area contributed by atoms with Crippen LogP contribution in [-0.2, 0) is 28.9 Å². The van der Waals surface area contributed by atoms with Gasteiger partial charge in [-0.05, 0) is 55.8 Å². The average molecular weight is 442 g/mol. The number of nitrogens with one attached hydrogen (secondary N) is 2. The van der Waals surface area contributed by atoms with Crippen molar-refractivity contribution in [2.75, 3.05) is 31.6 Å². The van der Waals surface area contributed by atoms with Crippen molar-refractivity contribution >= 4 is 28.2 Å². The van der Waals surface area contributed by atoms with Crippen molar-refractivity contribution in [3.63, 3.8) is 0 Å². The van der Waals surface area contributed by atoms with Crippen molar-refractivity contribution in [1.29, 1.82) is 0 Å². The molecule has 1 aromatic carbocycles. The van der Waals surface area contributed by atoms with E-state index < -0.39 is 0 Å². The highest BCUT2D eigenvalue weighted by atomic mass is 32.1. The predicted molar refractivity (Wildman–Crippen MR) is 124 cm³/mol. The second-order valence-corrected chi connectivity index (χ2v) is 9.23. The van der Waals surface area contributed by atoms with E-state index in [1.54, 1.807) is 6.92 Å². The Morgan fingerprint density at radius 2 is 2.06 bits per heavy atom. The Kier molecular flexibility index (Phi) is 7.05. The lowest BCUT2D eigenvalue weighted by atomic mass is 9.88. The van der Waals surface area contributed by atoms with Gasteiger partial charge >= 0.3 is 5.97 Å². The van der Waals surface area contributed by atoms with Crippen LogP contribution in [0.15, 0.2) is 24.3 Å². The Morgan fingerprint density at radius 1 is 1.23 bits per heavy atom. The number of fused-ring (bicyclic) bond motifs is 2. The molecule has 0 fully saturated rings. The van der Waals surface area contributed by atoms with Gasteiger partial charge in [0.25, 0.3) is 0 Å². The number of rotatable bonds is 7. The molecule has 4 rings (SSSR count). The van der Waals surface area contributed by atoms with E-state index in [0.717, 1.165) is 55.8 Å². The zero-order chi connectivity index (χ0) is 21.8. The van der Waals surface area contributed by atoms with Crippen molar-refractivity contribution in [2.45, 2.75) is 52.1 Å². The summed E-state index contributed by atoms with van der Waals surface area (Å²) in [7, 11) is 0. The van der Waals surface area contributed by atoms with Gasteiger partial charge in [-0.2, -0.15) is 0 Å². The molecule has 1 aliphatic heterocycles. The summed E-state index contributed by atoms with van der Waals surface area (Å²) >= 11 is 1.51. The fraction of sp³-hybridized carbons (Fsp3) is 0.500. The van der Waals surface area contributed by atoms with Gasteiger partial charge in [-0.25, -0.2) is 4.79 Å². The first-order chi connectivity index (χ1) is 15.1. The van der Waals surface area contributed by atoms with Crippen LogP contribution in [0.3, 0.4) is 0 Å². The van der Waals surface area contributed by atoms with E-state index in [4.69, 9.17) is 4.74 Å². The third-order valence-electron chi connectivity index (χ3n) is 6.19. The largest absolute Gasteiger partial charge is 0.462 e. The van der Waals surface area contributed by atoms with E-state index in [1.807, 2.05) is 0 Å². The molecular formula is C24H31N3O3S. The standard InChI is InChI=1S/C24H31N3O3S/c1-3-27-13-12-18-20(15-27)31-23(22(18)24(29)30-4-2)26-21(28)14-25-19-11-7-9-16-8-5-6-10-17(16)19/h5-6,8,10,19,25H,3-4,7,9,11-15H2,1-2H3,(H,26,28)/t19-/m1/s1. The first-order valence-corrected chi connectivity index (χ1v) is 12.1. The highest BCUT2D eigenvalue weighted by Crippen LogP contribution is 2.37. The maximum Gasteiger partial charge on any atom is 0.341 e. The average Bonchev–Trinajstić information content (AvgIpc) is 3.14. The van der Waals surface area contributed by atoms with Crippen molar-refractivity contribution in [1.82, 2.24) is 10.2 Å². The molecule has 1 aromatic heterocycles. The molecule has 166 valence electrons. The fourth-order valence-electron chi connectivity index (χ4n) is 4.59. The summed E-state index contributed by atoms with van der Waals surface area (Å²) < 4.78 is 5.31. The van der Waals surface area contributed by atoms with E-state index >= 15 is 0 Å². The zero-order valence-corrected chi connectivity index (χ0v) is 19.1. The number of anilines is 1. The van der Waals surface area contributed by atoms with E-state index in [0.29, 0.717) is 17.2 Å². The first kappa shape index (κ1) is 22.0. The molecule has 2 aromatic rings. The van der Waals surface area contributed by atoms with Gasteiger partial charge in [-0.1, -0.05) is 31.2 Å². The number of benzene rings is 1. The fourth-order valence-corrected chi connectivity index (χ4v) is 5.88. The Morgan fingerprint density at radius 3 is 2.87 bits per heavy atom. The molecule has 7 heteroatoms. The second kappa shape index (κ2) is 9.94. The lowest BCUT2D eigenvalue weighted by molar-refractivity contribution is -0.115. The zero-order valence-electron chi connectivity index (χ0n) is 18.3. The molecule has 0 saturated carbocycles. The van der Waals surface area contributed by atoms with Crippen LogP contribution in [0.2, 0.25) is 0 Å². The maximum absolute atomic E-state index is 12.8. The molecule has 1 amide bonds. The highest BCUT2D eigenvalue weighted by molar-refractivity contribution is 7.17. The van der Waals surface area contributed by atoms with Crippen molar-refractivity contribution < 1.29 is 14.3 Å². The van der Waals surface area contributed by atoms with Gasteiger partial charge in [0, 0.05) is 24.0 Å². The number of likely N-dealkylation sites (N-methyl/N-ethyl adjacent to an activating group) is 1. The highest BCUT2D eigenvalue weighted by Gasteiger charge is 2.29. The molecule has 1 aliphatic carbocycles. The lowest BCUT2D eigenvalue weighted by Crippen LogP contribution is -2.33. The van der Waals surface area contributed by atoms with Crippen molar-refractivity contribution in [2.24, 2.45) is 0 Å². The number of carbonyl (C=O) groups excluding carboxylic acids is 2. The van der Waals surface area contributed by atoms with Crippen LogP contribution in [0, 0.1) is 0 Å². The topological polar surface area (TPSA) is 70.7 Å². The number of thiophene rings is 1. The smallest absolute Gasteiger partial charge is 0.341 e. The third-order valence-corrected chi connectivity index (χ3v) is 7.33. The molecule has 31 heavy (non-hydrogen) atoms. The summed E-state index contributed by atoms with van der Waals surface area (Å²) in [6, 6.07) is 8.64. The Bertz CT molecular complexity index is 956. The molecule has 0 bridgehead atoms. The van der Waals surface area contributed by atoms with E-state index in [-0.39, 0.29) is 24.5 Å². The summed E-state index contributed by atoms with van der Waals surface area (Å²) in [5.41, 5.74) is 4.24. The van der Waals surface area contributed by atoms with Crippen molar-refractivity contribution in [3.8, 4) is 0 Å².